The molecule has 15 rings (SSSR count). The fraction of sp³-hybridized carbons (Fsp3) is 0.0164. The molecule has 5 heterocycles. The third-order valence-electron chi connectivity index (χ3n) is 15.1. The second-order valence-corrected chi connectivity index (χ2v) is 21.6. The number of anilines is 6. The predicted molar refractivity (Wildman–Crippen MR) is 273 cm³/mol. The fourth-order valence-corrected chi connectivity index (χ4v) is 18.5. The predicted octanol–water partition coefficient (Wildman–Crippen LogP) is 12.5. The molecule has 3 aliphatic rings. The van der Waals surface area contributed by atoms with E-state index in [1.807, 2.05) is 0 Å². The number of hydrogen-bond acceptors (Lipinski definition) is 2. The van der Waals surface area contributed by atoms with Gasteiger partial charge in [-0.25, -0.2) is 0 Å². The molecule has 4 heteroatoms. The Morgan fingerprint density at radius 3 is 1.37 bits per heavy atom. The molecule has 0 saturated carbocycles. The van der Waals surface area contributed by atoms with E-state index in [4.69, 9.17) is 0 Å². The molecular formula is C61H39N3Si. The van der Waals surface area contributed by atoms with Gasteiger partial charge >= 0.3 is 0 Å². The summed E-state index contributed by atoms with van der Waals surface area (Å²) < 4.78 is 2.47. The van der Waals surface area contributed by atoms with Gasteiger partial charge in [-0.3, -0.25) is 0 Å². The highest BCUT2D eigenvalue weighted by Gasteiger charge is 2.60. The van der Waals surface area contributed by atoms with E-state index in [1.165, 1.54) is 110 Å². The molecule has 2 aromatic heterocycles. The Kier molecular flexibility index (Phi) is 6.91. The van der Waals surface area contributed by atoms with Gasteiger partial charge in [-0.05, 0) is 104 Å². The van der Waals surface area contributed by atoms with Gasteiger partial charge in [0.2, 0.25) is 0 Å². The molecule has 0 saturated heterocycles. The van der Waals surface area contributed by atoms with Crippen molar-refractivity contribution in [3.8, 4) is 0 Å². The molecule has 0 amide bonds. The highest BCUT2D eigenvalue weighted by Crippen LogP contribution is 2.59. The lowest BCUT2D eigenvalue weighted by molar-refractivity contribution is 0.736. The first kappa shape index (κ1) is 35.3. The Bertz CT molecular complexity index is 3790. The second kappa shape index (κ2) is 12.7. The average molecular weight is 842 g/mol. The van der Waals surface area contributed by atoms with Crippen molar-refractivity contribution in [2.75, 3.05) is 9.80 Å². The van der Waals surface area contributed by atoms with Gasteiger partial charge in [0.25, 0.3) is 0 Å². The summed E-state index contributed by atoms with van der Waals surface area (Å²) in [7, 11) is -3.00. The summed E-state index contributed by atoms with van der Waals surface area (Å²) in [5, 5.41) is 10.9. The van der Waals surface area contributed by atoms with Crippen molar-refractivity contribution in [2.24, 2.45) is 0 Å². The van der Waals surface area contributed by atoms with Crippen LogP contribution in [0.1, 0.15) is 22.3 Å². The zero-order valence-corrected chi connectivity index (χ0v) is 36.4. The lowest BCUT2D eigenvalue weighted by Crippen LogP contribution is -2.81. The van der Waals surface area contributed by atoms with Crippen molar-refractivity contribution >= 4 is 101 Å². The van der Waals surface area contributed by atoms with E-state index in [1.54, 1.807) is 0 Å². The van der Waals surface area contributed by atoms with Crippen LogP contribution in [0.15, 0.2) is 237 Å². The Hall–Kier alpha value is -8.18. The molecule has 3 aliphatic heterocycles. The molecule has 0 atom stereocenters. The number of rotatable bonds is 2. The normalized spacial score (nSPS) is 15.0. The van der Waals surface area contributed by atoms with E-state index < -0.39 is 13.5 Å². The van der Waals surface area contributed by atoms with Crippen LogP contribution in [-0.4, -0.2) is 12.5 Å². The molecule has 0 radical (unpaired) electrons. The van der Waals surface area contributed by atoms with Gasteiger partial charge in [0.15, 0.2) is 8.07 Å². The summed E-state index contributed by atoms with van der Waals surface area (Å²) in [6.45, 7) is 0. The molecule has 65 heavy (non-hydrogen) atoms. The maximum absolute atomic E-state index is 3.00. The van der Waals surface area contributed by atoms with Crippen molar-refractivity contribution in [3.63, 3.8) is 0 Å². The van der Waals surface area contributed by atoms with Crippen LogP contribution in [0.5, 0.6) is 0 Å². The second-order valence-electron chi connectivity index (χ2n) is 17.9. The largest absolute Gasteiger partial charge is 0.311 e. The first-order valence-electron chi connectivity index (χ1n) is 22.7. The molecular weight excluding hydrogens is 803 g/mol. The molecule has 12 aromatic rings. The summed E-state index contributed by atoms with van der Waals surface area (Å²) in [5.41, 5.74) is 15.8. The number of hydrogen-bond donors (Lipinski definition) is 0. The Labute approximate surface area is 377 Å². The van der Waals surface area contributed by atoms with Crippen LogP contribution in [0.3, 0.4) is 0 Å². The maximum atomic E-state index is 2.54. The van der Waals surface area contributed by atoms with Gasteiger partial charge in [-0.15, -0.1) is 0 Å². The van der Waals surface area contributed by atoms with Crippen LogP contribution >= 0.6 is 0 Å². The third-order valence-corrected chi connectivity index (χ3v) is 20.1. The lowest BCUT2D eigenvalue weighted by atomic mass is 9.62. The van der Waals surface area contributed by atoms with E-state index in [0.29, 0.717) is 0 Å². The van der Waals surface area contributed by atoms with Crippen molar-refractivity contribution < 1.29 is 0 Å². The third kappa shape index (κ3) is 4.22. The molecule has 0 fully saturated rings. The molecule has 2 spiro atoms. The monoisotopic (exact) mass is 841 g/mol. The SMILES string of the molecule is c1ccc(N2c3ccccc3[Si]3(c4ccccc42)c2ccccc2C2(c4ccccc4N(c4ccc5c(c4)c4cccc6c7ccccc7n5c64)c4ccccc42)c2ccccc23)cc1. The topological polar surface area (TPSA) is 10.9 Å². The van der Waals surface area contributed by atoms with Crippen LogP contribution in [-0.2, 0) is 5.41 Å². The number of fused-ring (bicyclic) bond motifs is 20. The highest BCUT2D eigenvalue weighted by atomic mass is 28.3. The van der Waals surface area contributed by atoms with Crippen molar-refractivity contribution in [3.05, 3.63) is 259 Å². The van der Waals surface area contributed by atoms with Crippen LogP contribution in [0, 0.1) is 0 Å². The zero-order valence-electron chi connectivity index (χ0n) is 35.4. The van der Waals surface area contributed by atoms with Crippen LogP contribution < -0.4 is 30.5 Å². The molecule has 302 valence electrons. The number of para-hydroxylation sites is 7. The summed E-state index contributed by atoms with van der Waals surface area (Å²) in [6, 6.07) is 89.8. The number of nitrogens with zero attached hydrogens (tertiary/aromatic N) is 3. The van der Waals surface area contributed by atoms with Crippen molar-refractivity contribution in [1.82, 2.24) is 4.40 Å². The summed E-state index contributed by atoms with van der Waals surface area (Å²) in [4.78, 5) is 5.04. The first-order valence-corrected chi connectivity index (χ1v) is 24.7. The Balaban J connectivity index is 1.02. The summed E-state index contributed by atoms with van der Waals surface area (Å²) in [6.07, 6.45) is 0. The van der Waals surface area contributed by atoms with E-state index >= 15 is 0 Å². The van der Waals surface area contributed by atoms with Crippen LogP contribution in [0.4, 0.5) is 34.1 Å². The molecule has 0 N–H and O–H groups in total. The van der Waals surface area contributed by atoms with E-state index in [-0.39, 0.29) is 0 Å². The number of benzene rings is 10. The van der Waals surface area contributed by atoms with Gasteiger partial charge in [0.1, 0.15) is 0 Å². The zero-order chi connectivity index (χ0) is 42.4. The minimum absolute atomic E-state index is 0.602. The molecule has 0 bridgehead atoms. The summed E-state index contributed by atoms with van der Waals surface area (Å²) in [5.74, 6) is 0. The highest BCUT2D eigenvalue weighted by molar-refractivity contribution is 7.22. The van der Waals surface area contributed by atoms with Crippen LogP contribution in [0.25, 0.3) is 38.1 Å². The standard InChI is InChI=1S/C61H39N3Si/c1-2-19-40(20-3-1)62-54-31-12-16-35-58(54)65(59-36-17-13-32-55(59)62)56-33-14-7-26-48(56)61(49-27-8-15-34-57(49)65)46-24-5-10-29-52(46)63(53-30-11-6-25-47(53)61)41-37-38-51-45(39-41)44-23-18-22-43-42-21-4-9-28-50(42)64(51)60(43)44/h1-39H. The van der Waals surface area contributed by atoms with Crippen LogP contribution in [0.2, 0.25) is 0 Å². The quantitative estimate of drug-likeness (QED) is 0.161. The first-order chi connectivity index (χ1) is 32.3. The minimum atomic E-state index is -3.00. The molecule has 10 aromatic carbocycles. The molecule has 0 aliphatic carbocycles. The van der Waals surface area contributed by atoms with Crippen molar-refractivity contribution in [2.45, 2.75) is 5.41 Å². The van der Waals surface area contributed by atoms with Gasteiger partial charge in [0, 0.05) is 44.3 Å². The summed E-state index contributed by atoms with van der Waals surface area (Å²) >= 11 is 0. The van der Waals surface area contributed by atoms with Gasteiger partial charge in [-0.2, -0.15) is 0 Å². The molecule has 0 unspecified atom stereocenters. The molecule has 3 nitrogen and oxygen atoms in total. The van der Waals surface area contributed by atoms with E-state index in [9.17, 15) is 0 Å². The Morgan fingerprint density at radius 2 is 0.738 bits per heavy atom. The lowest BCUT2D eigenvalue weighted by Gasteiger charge is -2.55. The number of aromatic nitrogens is 1. The fourth-order valence-electron chi connectivity index (χ4n) is 12.9. The maximum Gasteiger partial charge on any atom is 0.184 e. The van der Waals surface area contributed by atoms with Gasteiger partial charge < -0.3 is 14.2 Å². The average Bonchev–Trinajstić information content (AvgIpc) is 3.90. The van der Waals surface area contributed by atoms with Gasteiger partial charge in [-0.1, -0.05) is 176 Å². The smallest absolute Gasteiger partial charge is 0.184 e. The van der Waals surface area contributed by atoms with Gasteiger partial charge in [0.05, 0.1) is 33.3 Å². The Morgan fingerprint density at radius 1 is 0.292 bits per heavy atom. The van der Waals surface area contributed by atoms with Crippen molar-refractivity contribution in [1.29, 1.82) is 0 Å². The van der Waals surface area contributed by atoms with E-state index in [0.717, 1.165) is 5.69 Å². The van der Waals surface area contributed by atoms with E-state index in [2.05, 4.69) is 251 Å². The minimum Gasteiger partial charge on any atom is -0.311 e.